The zero-order valence-corrected chi connectivity index (χ0v) is 21.6. The number of aromatic carboxylic acids is 1. The van der Waals surface area contributed by atoms with E-state index in [0.29, 0.717) is 47.6 Å². The van der Waals surface area contributed by atoms with Crippen molar-refractivity contribution in [3.63, 3.8) is 0 Å². The van der Waals surface area contributed by atoms with Crippen molar-refractivity contribution in [3.8, 4) is 33.6 Å². The number of carboxylic acid groups (broad SMARTS) is 1. The molecule has 188 valence electrons. The van der Waals surface area contributed by atoms with Crippen LogP contribution in [0.1, 0.15) is 34.8 Å². The van der Waals surface area contributed by atoms with Crippen molar-refractivity contribution in [2.24, 2.45) is 0 Å². The molecule has 9 nitrogen and oxygen atoms in total. The van der Waals surface area contributed by atoms with E-state index < -0.39 is 5.97 Å². The second-order valence-electron chi connectivity index (χ2n) is 7.76. The van der Waals surface area contributed by atoms with Crippen LogP contribution >= 0.6 is 11.3 Å². The first-order chi connectivity index (χ1) is 17.4. The number of methoxy groups -OCH3 is 2. The Hall–Kier alpha value is -4.05. The molecule has 0 radical (unpaired) electrons. The fraction of sp³-hybridized carbons (Fsp3) is 0.269. The molecule has 2 heterocycles. The van der Waals surface area contributed by atoms with Gasteiger partial charge in [0.1, 0.15) is 28.0 Å². The molecule has 2 N–H and O–H groups in total. The summed E-state index contributed by atoms with van der Waals surface area (Å²) in [5.41, 5.74) is 2.73. The number of hydrogen-bond acceptors (Lipinski definition) is 8. The SMILES string of the molecule is CCOc1nc(-c2c(CC)nn(-c3ccccc3OC)c2Nc2ccc(OC)cc2C(=O)O)sc1C. The number of ether oxygens (including phenoxy) is 3. The van der Waals surface area contributed by atoms with Crippen LogP contribution in [0.2, 0.25) is 0 Å². The van der Waals surface area contributed by atoms with E-state index in [1.54, 1.807) is 23.9 Å². The van der Waals surface area contributed by atoms with E-state index in [4.69, 9.17) is 24.3 Å². The molecule has 0 saturated heterocycles. The summed E-state index contributed by atoms with van der Waals surface area (Å²) < 4.78 is 18.3. The standard InChI is InChI=1S/C26H28N4O5S/c1-6-18-22(25-28-24(35-7-2)15(3)36-25)23(30(29-18)20-10-8-9-11-21(20)34-5)27-19-13-12-16(33-4)14-17(19)26(31)32/h8-14,27H,6-7H2,1-5H3,(H,31,32). The Morgan fingerprint density at radius 3 is 2.58 bits per heavy atom. The number of aryl methyl sites for hydroxylation is 2. The Labute approximate surface area is 213 Å². The van der Waals surface area contributed by atoms with E-state index in [9.17, 15) is 9.90 Å². The largest absolute Gasteiger partial charge is 0.497 e. The summed E-state index contributed by atoms with van der Waals surface area (Å²) in [6.45, 7) is 6.40. The van der Waals surface area contributed by atoms with E-state index in [-0.39, 0.29) is 5.56 Å². The van der Waals surface area contributed by atoms with Gasteiger partial charge in [-0.05, 0) is 50.6 Å². The van der Waals surface area contributed by atoms with Crippen LogP contribution in [0, 0.1) is 6.92 Å². The number of nitrogens with zero attached hydrogens (tertiary/aromatic N) is 3. The molecule has 2 aromatic heterocycles. The van der Waals surface area contributed by atoms with Crippen molar-refractivity contribution in [1.82, 2.24) is 14.8 Å². The van der Waals surface area contributed by atoms with E-state index in [2.05, 4.69) is 5.32 Å². The topological polar surface area (TPSA) is 108 Å². The maximum Gasteiger partial charge on any atom is 0.337 e. The maximum atomic E-state index is 12.1. The van der Waals surface area contributed by atoms with Gasteiger partial charge in [0.05, 0.1) is 48.2 Å². The van der Waals surface area contributed by atoms with Gasteiger partial charge in [0, 0.05) is 0 Å². The first kappa shape index (κ1) is 25.1. The monoisotopic (exact) mass is 508 g/mol. The van der Waals surface area contributed by atoms with Gasteiger partial charge in [-0.25, -0.2) is 14.5 Å². The van der Waals surface area contributed by atoms with Crippen molar-refractivity contribution in [2.45, 2.75) is 27.2 Å². The van der Waals surface area contributed by atoms with Crippen LogP contribution < -0.4 is 19.5 Å². The van der Waals surface area contributed by atoms with Crippen LogP contribution in [0.15, 0.2) is 42.5 Å². The van der Waals surface area contributed by atoms with Crippen LogP contribution in [-0.4, -0.2) is 46.7 Å². The van der Waals surface area contributed by atoms with Crippen molar-refractivity contribution in [3.05, 3.63) is 58.6 Å². The average Bonchev–Trinajstić information content (AvgIpc) is 3.43. The molecule has 0 amide bonds. The lowest BCUT2D eigenvalue weighted by atomic mass is 10.1. The van der Waals surface area contributed by atoms with Gasteiger partial charge in [0.15, 0.2) is 0 Å². The maximum absolute atomic E-state index is 12.1. The minimum absolute atomic E-state index is 0.0662. The van der Waals surface area contributed by atoms with E-state index in [0.717, 1.165) is 21.1 Å². The third-order valence-corrected chi connectivity index (χ3v) is 6.53. The van der Waals surface area contributed by atoms with Gasteiger partial charge in [0.25, 0.3) is 0 Å². The molecule has 0 fully saturated rings. The van der Waals surface area contributed by atoms with Gasteiger partial charge in [0.2, 0.25) is 5.88 Å². The number of anilines is 2. The van der Waals surface area contributed by atoms with Gasteiger partial charge >= 0.3 is 5.97 Å². The van der Waals surface area contributed by atoms with Crippen molar-refractivity contribution in [2.75, 3.05) is 26.1 Å². The average molecular weight is 509 g/mol. The highest BCUT2D eigenvalue weighted by atomic mass is 32.1. The summed E-state index contributed by atoms with van der Waals surface area (Å²) in [5.74, 6) is 1.13. The van der Waals surface area contributed by atoms with Gasteiger partial charge in [-0.2, -0.15) is 5.10 Å². The fourth-order valence-corrected chi connectivity index (χ4v) is 4.78. The molecule has 36 heavy (non-hydrogen) atoms. The molecule has 0 bridgehead atoms. The molecule has 4 aromatic rings. The summed E-state index contributed by atoms with van der Waals surface area (Å²) in [7, 11) is 3.10. The van der Waals surface area contributed by atoms with Crippen molar-refractivity contribution < 1.29 is 24.1 Å². The highest BCUT2D eigenvalue weighted by molar-refractivity contribution is 7.15. The third-order valence-electron chi connectivity index (χ3n) is 5.57. The Kier molecular flexibility index (Phi) is 7.44. The van der Waals surface area contributed by atoms with Crippen molar-refractivity contribution >= 4 is 28.8 Å². The van der Waals surface area contributed by atoms with Crippen molar-refractivity contribution in [1.29, 1.82) is 0 Å². The molecule has 2 aromatic carbocycles. The molecule has 10 heteroatoms. The molecule has 0 aliphatic carbocycles. The molecule has 0 aliphatic rings. The highest BCUT2D eigenvalue weighted by Crippen LogP contribution is 2.42. The Morgan fingerprint density at radius 2 is 1.92 bits per heavy atom. The zero-order valence-electron chi connectivity index (χ0n) is 20.8. The van der Waals surface area contributed by atoms with Gasteiger partial charge in [-0.1, -0.05) is 19.1 Å². The molecule has 0 aliphatic heterocycles. The first-order valence-electron chi connectivity index (χ1n) is 11.5. The van der Waals surface area contributed by atoms with Crippen LogP contribution in [0.4, 0.5) is 11.5 Å². The number of para-hydroxylation sites is 2. The highest BCUT2D eigenvalue weighted by Gasteiger charge is 2.26. The normalized spacial score (nSPS) is 10.8. The predicted molar refractivity (Wildman–Crippen MR) is 140 cm³/mol. The Balaban J connectivity index is 1.98. The number of carboxylic acids is 1. The van der Waals surface area contributed by atoms with E-state index >= 15 is 0 Å². The zero-order chi connectivity index (χ0) is 25.8. The van der Waals surface area contributed by atoms with E-state index in [1.165, 1.54) is 24.5 Å². The van der Waals surface area contributed by atoms with Crippen LogP contribution in [-0.2, 0) is 6.42 Å². The molecule has 0 unspecified atom stereocenters. The fourth-order valence-electron chi connectivity index (χ4n) is 3.85. The molecule has 4 rings (SSSR count). The number of nitrogens with one attached hydrogen (secondary N) is 1. The summed E-state index contributed by atoms with van der Waals surface area (Å²) in [6, 6.07) is 12.4. The number of carbonyl (C=O) groups is 1. The van der Waals surface area contributed by atoms with Crippen LogP contribution in [0.25, 0.3) is 16.3 Å². The molecule has 0 saturated carbocycles. The molecule has 0 spiro atoms. The first-order valence-corrected chi connectivity index (χ1v) is 12.3. The van der Waals surface area contributed by atoms with E-state index in [1.807, 2.05) is 45.0 Å². The number of rotatable bonds is 10. The lowest BCUT2D eigenvalue weighted by Crippen LogP contribution is -2.08. The summed E-state index contributed by atoms with van der Waals surface area (Å²) in [4.78, 5) is 17.8. The second-order valence-corrected chi connectivity index (χ2v) is 8.97. The minimum Gasteiger partial charge on any atom is -0.497 e. The molecular formula is C26H28N4O5S. The second kappa shape index (κ2) is 10.7. The third kappa shape index (κ3) is 4.72. The van der Waals surface area contributed by atoms with Crippen LogP contribution in [0.5, 0.6) is 17.4 Å². The quantitative estimate of drug-likeness (QED) is 0.280. The van der Waals surface area contributed by atoms with Gasteiger partial charge in [-0.15, -0.1) is 11.3 Å². The predicted octanol–water partition coefficient (Wildman–Crippen LogP) is 5.72. The summed E-state index contributed by atoms with van der Waals surface area (Å²) in [6.07, 6.45) is 0.628. The Morgan fingerprint density at radius 1 is 1.14 bits per heavy atom. The van der Waals surface area contributed by atoms with Crippen LogP contribution in [0.3, 0.4) is 0 Å². The number of thiazole rings is 1. The number of hydrogen-bond donors (Lipinski definition) is 2. The summed E-state index contributed by atoms with van der Waals surface area (Å²) >= 11 is 1.50. The Bertz CT molecular complexity index is 1400. The summed E-state index contributed by atoms with van der Waals surface area (Å²) in [5, 5.41) is 18.9. The van der Waals surface area contributed by atoms with Gasteiger partial charge in [-0.3, -0.25) is 0 Å². The minimum atomic E-state index is -1.08. The molecule has 0 atom stereocenters. The lowest BCUT2D eigenvalue weighted by Gasteiger charge is -2.16. The lowest BCUT2D eigenvalue weighted by molar-refractivity contribution is 0.0697. The smallest absolute Gasteiger partial charge is 0.337 e. The van der Waals surface area contributed by atoms with Gasteiger partial charge < -0.3 is 24.6 Å². The molecular weight excluding hydrogens is 480 g/mol. The number of benzene rings is 2. The number of aromatic nitrogens is 3.